The zero-order valence-electron chi connectivity index (χ0n) is 42.4. The molecule has 0 aromatic heterocycles. The van der Waals surface area contributed by atoms with Crippen LogP contribution in [0.4, 0.5) is 39.8 Å². The van der Waals surface area contributed by atoms with E-state index in [-0.39, 0.29) is 39.5 Å². The molecule has 13 rings (SSSR count). The molecule has 0 radical (unpaired) electrons. The highest BCUT2D eigenvalue weighted by Crippen LogP contribution is 2.68. The summed E-state index contributed by atoms with van der Waals surface area (Å²) in [4.78, 5) is 8.38. The molecule has 4 unspecified atom stereocenters. The highest BCUT2D eigenvalue weighted by molar-refractivity contribution is 7.00. The molecule has 0 spiro atoms. The van der Waals surface area contributed by atoms with Crippen LogP contribution in [0, 0.1) is 13.8 Å². The number of fused-ring (bicyclic) bond motifs is 14. The Morgan fingerprint density at radius 2 is 1.06 bits per heavy atom. The zero-order valence-corrected chi connectivity index (χ0v) is 42.4. The van der Waals surface area contributed by atoms with Gasteiger partial charge in [-0.25, -0.2) is 0 Å². The van der Waals surface area contributed by atoms with Gasteiger partial charge in [0.1, 0.15) is 0 Å². The molecular formula is C64H66BN3. The highest BCUT2D eigenvalue weighted by Gasteiger charge is 2.65. The lowest BCUT2D eigenvalue weighted by molar-refractivity contribution is 0.244. The van der Waals surface area contributed by atoms with E-state index in [1.807, 2.05) is 0 Å². The third-order valence-electron chi connectivity index (χ3n) is 18.9. The second-order valence-corrected chi connectivity index (χ2v) is 24.6. The molecule has 340 valence electrons. The number of aryl methyl sites for hydroxylation is 4. The molecule has 0 amide bonds. The minimum absolute atomic E-state index is 0.0265. The molecule has 0 saturated heterocycles. The molecule has 0 bridgehead atoms. The molecule has 4 aliphatic heterocycles. The molecule has 6 aliphatic rings. The summed E-state index contributed by atoms with van der Waals surface area (Å²) in [5.41, 5.74) is 26.7. The van der Waals surface area contributed by atoms with Gasteiger partial charge in [-0.05, 0) is 173 Å². The first kappa shape index (κ1) is 42.1. The smallest absolute Gasteiger partial charge is 0.252 e. The van der Waals surface area contributed by atoms with Crippen molar-refractivity contribution in [1.82, 2.24) is 0 Å². The van der Waals surface area contributed by atoms with Crippen LogP contribution >= 0.6 is 0 Å². The summed E-state index contributed by atoms with van der Waals surface area (Å²) in [5.74, 6) is 0. The first-order chi connectivity index (χ1) is 32.3. The standard InChI is InChI=1S/C64H66BN3/c1-39-18-17-21-45(32-39)66-54-33-40(2)24-26-51(54)65-52-36-44(60(6,7)8)35-50-58(52)68(64(12)48-23-16-14-20-42(48)29-31-62(50,64)10)56-38-46(37-55(66)57(56)65)67-53-27-25-43(59(3,4)5)34-49(53)61(9)30-28-41-19-13-15-22-47(41)63(61,67)11/h13-27,32-38H,28-31H2,1-12H3. The summed E-state index contributed by atoms with van der Waals surface area (Å²) < 4.78 is 0. The lowest BCUT2D eigenvalue weighted by atomic mass is 9.33. The van der Waals surface area contributed by atoms with E-state index in [9.17, 15) is 0 Å². The van der Waals surface area contributed by atoms with Crippen LogP contribution in [0.2, 0.25) is 0 Å². The maximum absolute atomic E-state index is 2.91. The van der Waals surface area contributed by atoms with Gasteiger partial charge in [0, 0.05) is 50.6 Å². The van der Waals surface area contributed by atoms with Crippen molar-refractivity contribution in [3.05, 3.63) is 189 Å². The van der Waals surface area contributed by atoms with Crippen molar-refractivity contribution in [3.63, 3.8) is 0 Å². The molecular weight excluding hydrogens is 822 g/mol. The Bertz CT molecular complexity index is 3350. The Morgan fingerprint density at radius 3 is 1.72 bits per heavy atom. The number of rotatable bonds is 2. The van der Waals surface area contributed by atoms with E-state index in [0.29, 0.717) is 0 Å². The van der Waals surface area contributed by atoms with Crippen molar-refractivity contribution in [2.45, 2.75) is 142 Å². The van der Waals surface area contributed by atoms with Gasteiger partial charge in [-0.1, -0.05) is 152 Å². The lowest BCUT2D eigenvalue weighted by Crippen LogP contribution is -2.64. The van der Waals surface area contributed by atoms with Crippen LogP contribution in [0.5, 0.6) is 0 Å². The van der Waals surface area contributed by atoms with Crippen molar-refractivity contribution >= 4 is 62.9 Å². The summed E-state index contributed by atoms with van der Waals surface area (Å²) in [6.45, 7) is 29.3. The van der Waals surface area contributed by atoms with Gasteiger partial charge < -0.3 is 14.7 Å². The van der Waals surface area contributed by atoms with E-state index in [1.54, 1.807) is 0 Å². The predicted octanol–water partition coefficient (Wildman–Crippen LogP) is 14.1. The third-order valence-corrected chi connectivity index (χ3v) is 18.9. The second kappa shape index (κ2) is 13.4. The van der Waals surface area contributed by atoms with Crippen molar-refractivity contribution in [3.8, 4) is 0 Å². The van der Waals surface area contributed by atoms with Crippen molar-refractivity contribution in [2.75, 3.05) is 14.7 Å². The fourth-order valence-corrected chi connectivity index (χ4v) is 14.8. The van der Waals surface area contributed by atoms with Gasteiger partial charge in [-0.3, -0.25) is 0 Å². The summed E-state index contributed by atoms with van der Waals surface area (Å²) >= 11 is 0. The summed E-state index contributed by atoms with van der Waals surface area (Å²) in [6.07, 6.45) is 4.33. The van der Waals surface area contributed by atoms with E-state index >= 15 is 0 Å². The quantitative estimate of drug-likeness (QED) is 0.160. The van der Waals surface area contributed by atoms with Crippen LogP contribution in [0.15, 0.2) is 133 Å². The van der Waals surface area contributed by atoms with Gasteiger partial charge in [0.25, 0.3) is 6.71 Å². The first-order valence-electron chi connectivity index (χ1n) is 25.6. The van der Waals surface area contributed by atoms with E-state index < -0.39 is 0 Å². The monoisotopic (exact) mass is 888 g/mol. The minimum atomic E-state index is -0.363. The average molecular weight is 888 g/mol. The van der Waals surface area contributed by atoms with E-state index in [2.05, 4.69) is 231 Å². The summed E-state index contributed by atoms with van der Waals surface area (Å²) in [6, 6.07) is 53.5. The van der Waals surface area contributed by atoms with Crippen LogP contribution in [0.3, 0.4) is 0 Å². The van der Waals surface area contributed by atoms with Crippen LogP contribution < -0.4 is 31.1 Å². The molecule has 7 aromatic rings. The lowest BCUT2D eigenvalue weighted by Gasteiger charge is -2.54. The molecule has 68 heavy (non-hydrogen) atoms. The third kappa shape index (κ3) is 5.12. The van der Waals surface area contributed by atoms with Gasteiger partial charge in [-0.2, -0.15) is 0 Å². The van der Waals surface area contributed by atoms with E-state index in [1.165, 1.54) is 112 Å². The molecule has 7 aromatic carbocycles. The summed E-state index contributed by atoms with van der Waals surface area (Å²) in [7, 11) is 0. The largest absolute Gasteiger partial charge is 0.331 e. The number of nitrogens with zero attached hydrogens (tertiary/aromatic N) is 3. The molecule has 0 fully saturated rings. The van der Waals surface area contributed by atoms with Crippen molar-refractivity contribution in [1.29, 1.82) is 0 Å². The SMILES string of the molecule is Cc1cccc(N2c3cc(C)ccc3B3c4cc(C(C)(C)C)cc5c4N(c4cc(N6c7ccc(C(C)(C)C)cc7C7(C)CCc8ccccc8C67C)cc2c43)C2(C)c3ccccc3CCC52C)c1. The van der Waals surface area contributed by atoms with Gasteiger partial charge in [0.2, 0.25) is 0 Å². The maximum Gasteiger partial charge on any atom is 0.252 e. The Balaban J connectivity index is 1.20. The Hall–Kier alpha value is -6.00. The van der Waals surface area contributed by atoms with Crippen LogP contribution in [-0.2, 0) is 45.6 Å². The topological polar surface area (TPSA) is 9.72 Å². The van der Waals surface area contributed by atoms with Crippen LogP contribution in [0.25, 0.3) is 0 Å². The molecule has 4 atom stereocenters. The van der Waals surface area contributed by atoms with Crippen molar-refractivity contribution < 1.29 is 0 Å². The van der Waals surface area contributed by atoms with E-state index in [0.717, 1.165) is 25.7 Å². The van der Waals surface area contributed by atoms with Gasteiger partial charge in [0.05, 0.1) is 11.1 Å². The van der Waals surface area contributed by atoms with Gasteiger partial charge >= 0.3 is 0 Å². The molecule has 3 nitrogen and oxygen atoms in total. The molecule has 2 aliphatic carbocycles. The number of benzene rings is 7. The summed E-state index contributed by atoms with van der Waals surface area (Å²) in [5, 5.41) is 0. The highest BCUT2D eigenvalue weighted by atomic mass is 15.3. The first-order valence-corrected chi connectivity index (χ1v) is 25.6. The second-order valence-electron chi connectivity index (χ2n) is 24.6. The minimum Gasteiger partial charge on any atom is -0.331 e. The Kier molecular flexibility index (Phi) is 8.31. The van der Waals surface area contributed by atoms with Crippen LogP contribution in [-0.4, -0.2) is 6.71 Å². The fraction of sp³-hybridized carbons (Fsp3) is 0.344. The van der Waals surface area contributed by atoms with E-state index in [4.69, 9.17) is 0 Å². The predicted molar refractivity (Wildman–Crippen MR) is 289 cm³/mol. The Labute approximate surface area is 406 Å². The zero-order chi connectivity index (χ0) is 47.2. The molecule has 4 heteroatoms. The van der Waals surface area contributed by atoms with Crippen LogP contribution in [0.1, 0.15) is 138 Å². The number of hydrogen-bond donors (Lipinski definition) is 0. The normalized spacial score (nSPS) is 24.6. The maximum atomic E-state index is 2.91. The fourth-order valence-electron chi connectivity index (χ4n) is 14.8. The average Bonchev–Trinajstić information content (AvgIpc) is 3.65. The van der Waals surface area contributed by atoms with Gasteiger partial charge in [0.15, 0.2) is 0 Å². The number of anilines is 7. The molecule has 4 heterocycles. The Morgan fingerprint density at radius 1 is 0.456 bits per heavy atom. The molecule has 0 N–H and O–H groups in total. The number of hydrogen-bond acceptors (Lipinski definition) is 3. The van der Waals surface area contributed by atoms with Gasteiger partial charge in [-0.15, -0.1) is 0 Å². The molecule has 0 saturated carbocycles. The van der Waals surface area contributed by atoms with Crippen molar-refractivity contribution in [2.24, 2.45) is 0 Å².